The highest BCUT2D eigenvalue weighted by atomic mass is 32.2. The smallest absolute Gasteiger partial charge is 0.341 e. The van der Waals surface area contributed by atoms with Crippen molar-refractivity contribution in [2.24, 2.45) is 0 Å². The van der Waals surface area contributed by atoms with Gasteiger partial charge in [-0.2, -0.15) is 4.72 Å². The molecule has 18 heavy (non-hydrogen) atoms. The van der Waals surface area contributed by atoms with Crippen molar-refractivity contribution in [3.8, 4) is 18.1 Å². The standard InChI is InChI=1S/C11H11NO5S/c1-3-6-12-18(15,16)8-4-5-10(13)9(7-8)11(14)17-2/h1,4-5,7,12-13H,6H2,2H3. The van der Waals surface area contributed by atoms with Gasteiger partial charge in [0.05, 0.1) is 18.6 Å². The van der Waals surface area contributed by atoms with Crippen LogP contribution in [0.5, 0.6) is 5.75 Å². The number of ether oxygens (including phenoxy) is 1. The third kappa shape index (κ3) is 3.00. The van der Waals surface area contributed by atoms with Gasteiger partial charge in [0.25, 0.3) is 0 Å². The predicted octanol–water partition coefficient (Wildman–Crippen LogP) is 0.0903. The zero-order chi connectivity index (χ0) is 13.8. The molecule has 0 spiro atoms. The Hall–Kier alpha value is -2.04. The van der Waals surface area contributed by atoms with E-state index >= 15 is 0 Å². The molecule has 2 N–H and O–H groups in total. The summed E-state index contributed by atoms with van der Waals surface area (Å²) < 4.78 is 30.0. The molecule has 0 radical (unpaired) electrons. The lowest BCUT2D eigenvalue weighted by Gasteiger charge is -2.07. The first-order valence-corrected chi connectivity index (χ1v) is 6.25. The largest absolute Gasteiger partial charge is 0.507 e. The second-order valence-electron chi connectivity index (χ2n) is 3.20. The summed E-state index contributed by atoms with van der Waals surface area (Å²) in [6.07, 6.45) is 4.95. The summed E-state index contributed by atoms with van der Waals surface area (Å²) in [7, 11) is -2.69. The van der Waals surface area contributed by atoms with Crippen LogP contribution < -0.4 is 4.72 Å². The topological polar surface area (TPSA) is 92.7 Å². The van der Waals surface area contributed by atoms with Crippen molar-refractivity contribution in [2.75, 3.05) is 13.7 Å². The maximum atomic E-state index is 11.7. The van der Waals surface area contributed by atoms with Crippen molar-refractivity contribution >= 4 is 16.0 Å². The SMILES string of the molecule is C#CCNS(=O)(=O)c1ccc(O)c(C(=O)OC)c1. The summed E-state index contributed by atoms with van der Waals surface area (Å²) in [5.74, 6) is 0.927. The fourth-order valence-corrected chi connectivity index (χ4v) is 2.14. The number of aromatic hydroxyl groups is 1. The van der Waals surface area contributed by atoms with E-state index in [4.69, 9.17) is 6.42 Å². The zero-order valence-corrected chi connectivity index (χ0v) is 10.3. The average molecular weight is 269 g/mol. The molecular weight excluding hydrogens is 258 g/mol. The first kappa shape index (κ1) is 14.0. The molecule has 1 rings (SSSR count). The molecule has 0 bridgehead atoms. The Bertz CT molecular complexity index is 600. The monoisotopic (exact) mass is 269 g/mol. The minimum Gasteiger partial charge on any atom is -0.507 e. The third-order valence-corrected chi connectivity index (χ3v) is 3.45. The van der Waals surface area contributed by atoms with Gasteiger partial charge in [-0.15, -0.1) is 6.42 Å². The highest BCUT2D eigenvalue weighted by molar-refractivity contribution is 7.89. The lowest BCUT2D eigenvalue weighted by Crippen LogP contribution is -2.24. The molecule has 0 heterocycles. The van der Waals surface area contributed by atoms with Gasteiger partial charge in [0.2, 0.25) is 10.0 Å². The third-order valence-electron chi connectivity index (χ3n) is 2.05. The number of carbonyl (C=O) groups excluding carboxylic acids is 1. The van der Waals surface area contributed by atoms with Crippen LogP contribution in [0.1, 0.15) is 10.4 Å². The van der Waals surface area contributed by atoms with E-state index in [-0.39, 0.29) is 22.8 Å². The Morgan fingerprint density at radius 2 is 2.22 bits per heavy atom. The van der Waals surface area contributed by atoms with Gasteiger partial charge < -0.3 is 9.84 Å². The van der Waals surface area contributed by atoms with Crippen LogP contribution >= 0.6 is 0 Å². The number of benzene rings is 1. The van der Waals surface area contributed by atoms with E-state index in [9.17, 15) is 18.3 Å². The lowest BCUT2D eigenvalue weighted by atomic mass is 10.2. The van der Waals surface area contributed by atoms with Crippen molar-refractivity contribution in [1.82, 2.24) is 4.72 Å². The zero-order valence-electron chi connectivity index (χ0n) is 9.50. The summed E-state index contributed by atoms with van der Waals surface area (Å²) in [6, 6.07) is 3.26. The molecule has 0 aromatic heterocycles. The summed E-state index contributed by atoms with van der Waals surface area (Å²) in [5, 5.41) is 9.43. The molecule has 7 heteroatoms. The van der Waals surface area contributed by atoms with E-state index in [1.807, 2.05) is 0 Å². The average Bonchev–Trinajstić information content (AvgIpc) is 2.35. The van der Waals surface area contributed by atoms with Gasteiger partial charge in [0.15, 0.2) is 0 Å². The van der Waals surface area contributed by atoms with Crippen LogP contribution in [0.4, 0.5) is 0 Å². The van der Waals surface area contributed by atoms with Crippen molar-refractivity contribution < 1.29 is 23.1 Å². The van der Waals surface area contributed by atoms with Gasteiger partial charge in [-0.1, -0.05) is 5.92 Å². The second kappa shape index (κ2) is 5.53. The van der Waals surface area contributed by atoms with Gasteiger partial charge in [0, 0.05) is 0 Å². The normalized spacial score (nSPS) is 10.7. The van der Waals surface area contributed by atoms with Crippen LogP contribution in [-0.2, 0) is 14.8 Å². The van der Waals surface area contributed by atoms with E-state index in [0.29, 0.717) is 0 Å². The Labute approximate surface area is 105 Å². The summed E-state index contributed by atoms with van der Waals surface area (Å²) >= 11 is 0. The van der Waals surface area contributed by atoms with Crippen LogP contribution in [0.15, 0.2) is 23.1 Å². The molecule has 6 nitrogen and oxygen atoms in total. The maximum Gasteiger partial charge on any atom is 0.341 e. The summed E-state index contributed by atoms with van der Waals surface area (Å²) in [5.41, 5.74) is -0.235. The number of esters is 1. The Kier molecular flexibility index (Phi) is 4.31. The predicted molar refractivity (Wildman–Crippen MR) is 63.5 cm³/mol. The number of rotatable bonds is 4. The van der Waals surface area contributed by atoms with Crippen LogP contribution in [0.2, 0.25) is 0 Å². The Morgan fingerprint density at radius 3 is 2.78 bits per heavy atom. The number of hydrogen-bond acceptors (Lipinski definition) is 5. The molecule has 0 atom stereocenters. The van der Waals surface area contributed by atoms with E-state index in [1.54, 1.807) is 0 Å². The molecule has 96 valence electrons. The highest BCUT2D eigenvalue weighted by Gasteiger charge is 2.18. The maximum absolute atomic E-state index is 11.7. The molecule has 0 aliphatic rings. The van der Waals surface area contributed by atoms with E-state index in [1.165, 1.54) is 0 Å². The van der Waals surface area contributed by atoms with Crippen LogP contribution in [-0.4, -0.2) is 33.1 Å². The van der Waals surface area contributed by atoms with Crippen LogP contribution in [0.25, 0.3) is 0 Å². The molecule has 0 saturated heterocycles. The molecule has 0 fully saturated rings. The minimum atomic E-state index is -3.81. The second-order valence-corrected chi connectivity index (χ2v) is 4.97. The molecule has 0 saturated carbocycles. The van der Waals surface area contributed by atoms with Crippen molar-refractivity contribution in [3.05, 3.63) is 23.8 Å². The van der Waals surface area contributed by atoms with Crippen LogP contribution in [0, 0.1) is 12.3 Å². The molecule has 1 aromatic carbocycles. The fraction of sp³-hybridized carbons (Fsp3) is 0.182. The number of phenolic OH excluding ortho intramolecular Hbond substituents is 1. The molecule has 1 aromatic rings. The first-order valence-electron chi connectivity index (χ1n) is 4.77. The molecular formula is C11H11NO5S. The fourth-order valence-electron chi connectivity index (χ4n) is 1.18. The van der Waals surface area contributed by atoms with Gasteiger partial charge >= 0.3 is 5.97 Å². The highest BCUT2D eigenvalue weighted by Crippen LogP contribution is 2.21. The summed E-state index contributed by atoms with van der Waals surface area (Å²) in [4.78, 5) is 11.1. The number of carbonyl (C=O) groups is 1. The Morgan fingerprint density at radius 1 is 1.56 bits per heavy atom. The van der Waals surface area contributed by atoms with Crippen LogP contribution in [0.3, 0.4) is 0 Å². The molecule has 0 amide bonds. The van der Waals surface area contributed by atoms with Gasteiger partial charge in [0.1, 0.15) is 11.3 Å². The quantitative estimate of drug-likeness (QED) is 0.597. The number of nitrogens with one attached hydrogen (secondary N) is 1. The lowest BCUT2D eigenvalue weighted by molar-refractivity contribution is 0.0597. The summed E-state index contributed by atoms with van der Waals surface area (Å²) in [6.45, 7) is -0.170. The van der Waals surface area contributed by atoms with Gasteiger partial charge in [-0.3, -0.25) is 0 Å². The van der Waals surface area contributed by atoms with Crippen molar-refractivity contribution in [2.45, 2.75) is 4.90 Å². The van der Waals surface area contributed by atoms with Gasteiger partial charge in [-0.25, -0.2) is 13.2 Å². The number of hydrogen-bond donors (Lipinski definition) is 2. The van der Waals surface area contributed by atoms with Crippen molar-refractivity contribution in [1.29, 1.82) is 0 Å². The van der Waals surface area contributed by atoms with Crippen molar-refractivity contribution in [3.63, 3.8) is 0 Å². The number of phenols is 1. The molecule has 0 unspecified atom stereocenters. The van der Waals surface area contributed by atoms with Gasteiger partial charge in [-0.05, 0) is 18.2 Å². The molecule has 0 aliphatic carbocycles. The number of terminal acetylenes is 1. The van der Waals surface area contributed by atoms with E-state index in [2.05, 4.69) is 15.4 Å². The minimum absolute atomic E-state index is 0.170. The van der Waals surface area contributed by atoms with E-state index < -0.39 is 16.0 Å². The Balaban J connectivity index is 3.21. The first-order chi connectivity index (χ1) is 8.42. The number of methoxy groups -OCH3 is 1. The van der Waals surface area contributed by atoms with E-state index in [0.717, 1.165) is 25.3 Å². The number of sulfonamides is 1. The molecule has 0 aliphatic heterocycles.